The van der Waals surface area contributed by atoms with Gasteiger partial charge in [-0.3, -0.25) is 0 Å². The fourth-order valence-electron chi connectivity index (χ4n) is 17.1. The van der Waals surface area contributed by atoms with E-state index in [4.69, 9.17) is 58.1 Å². The summed E-state index contributed by atoms with van der Waals surface area (Å²) < 4.78 is 18.9. The first-order valence-electron chi connectivity index (χ1n) is 41.6. The summed E-state index contributed by atoms with van der Waals surface area (Å²) in [4.78, 5) is 44.5. The summed E-state index contributed by atoms with van der Waals surface area (Å²) in [5.41, 5.74) is 18.2. The smallest absolute Gasteiger partial charge is 0.164 e. The van der Waals surface area contributed by atoms with Crippen molar-refractivity contribution in [1.29, 1.82) is 0 Å². The molecule has 0 amide bonds. The second-order valence-electron chi connectivity index (χ2n) is 31.1. The molecule has 12 heteroatoms. The zero-order chi connectivity index (χ0) is 82.7. The molecule has 25 rings (SSSR count). The van der Waals surface area contributed by atoms with Gasteiger partial charge in [0.1, 0.15) is 33.5 Å². The summed E-state index contributed by atoms with van der Waals surface area (Å²) >= 11 is 0. The summed E-state index contributed by atoms with van der Waals surface area (Å²) in [5.74, 6) is 5.78. The Hall–Kier alpha value is -17.1. The van der Waals surface area contributed by atoms with Crippen molar-refractivity contribution in [3.63, 3.8) is 0 Å². The van der Waals surface area contributed by atoms with Gasteiger partial charge in [0.05, 0.1) is 0 Å². The van der Waals surface area contributed by atoms with Crippen molar-refractivity contribution in [3.8, 4) is 125 Å². The van der Waals surface area contributed by atoms with E-state index in [1.54, 1.807) is 0 Å². The quantitative estimate of drug-likeness (QED) is 0.121. The Morgan fingerprint density at radius 3 is 0.952 bits per heavy atom. The monoisotopic (exact) mass is 1600 g/mol. The summed E-state index contributed by atoms with van der Waals surface area (Å²) in [6, 6.07) is 143. The van der Waals surface area contributed by atoms with Gasteiger partial charge in [-0.1, -0.05) is 334 Å². The minimum absolute atomic E-state index is 0.628. The van der Waals surface area contributed by atoms with Gasteiger partial charge < -0.3 is 13.3 Å². The molecule has 0 radical (unpaired) electrons. The van der Waals surface area contributed by atoms with Gasteiger partial charge in [-0.05, 0) is 155 Å². The fourth-order valence-corrected chi connectivity index (χ4v) is 17.1. The molecule has 0 spiro atoms. The van der Waals surface area contributed by atoms with E-state index in [1.807, 2.05) is 194 Å². The van der Waals surface area contributed by atoms with E-state index in [2.05, 4.69) is 224 Å². The Balaban J connectivity index is 0.000000108. The van der Waals surface area contributed by atoms with Gasteiger partial charge in [-0.2, -0.15) is 0 Å². The molecular formula is C113H69N9O3. The third kappa shape index (κ3) is 14.0. The van der Waals surface area contributed by atoms with E-state index in [-0.39, 0.29) is 0 Å². The van der Waals surface area contributed by atoms with E-state index in [0.29, 0.717) is 52.4 Å². The first-order valence-corrected chi connectivity index (χ1v) is 41.6. The highest BCUT2D eigenvalue weighted by Gasteiger charge is 2.23. The minimum atomic E-state index is 0.628. The summed E-state index contributed by atoms with van der Waals surface area (Å²) in [6.45, 7) is 0. The average Bonchev–Trinajstić information content (AvgIpc) is 1.63. The predicted octanol–water partition coefficient (Wildman–Crippen LogP) is 29.4. The molecule has 0 unspecified atom stereocenters. The molecule has 0 bridgehead atoms. The maximum absolute atomic E-state index is 6.51. The maximum Gasteiger partial charge on any atom is 0.164 e. The van der Waals surface area contributed by atoms with Gasteiger partial charge >= 0.3 is 0 Å². The highest BCUT2D eigenvalue weighted by atomic mass is 16.3. The molecule has 0 saturated heterocycles. The summed E-state index contributed by atoms with van der Waals surface area (Å²) in [7, 11) is 0. The molecule has 0 aliphatic carbocycles. The van der Waals surface area contributed by atoms with Crippen LogP contribution in [0.3, 0.4) is 0 Å². The molecule has 0 saturated carbocycles. The third-order valence-electron chi connectivity index (χ3n) is 23.3. The lowest BCUT2D eigenvalue weighted by molar-refractivity contribution is 0.669. The summed E-state index contributed by atoms with van der Waals surface area (Å²) in [5, 5.41) is 18.1. The van der Waals surface area contributed by atoms with Gasteiger partial charge in [0, 0.05) is 88.0 Å². The second kappa shape index (κ2) is 31.2. The number of benzene rings is 19. The number of nitrogens with zero attached hydrogens (tertiary/aromatic N) is 9. The zero-order valence-corrected chi connectivity index (χ0v) is 67.1. The molecule has 25 aromatic rings. The van der Waals surface area contributed by atoms with Crippen LogP contribution in [0.15, 0.2) is 432 Å². The Labute approximate surface area is 716 Å². The number of para-hydroxylation sites is 2. The maximum atomic E-state index is 6.51. The first-order chi connectivity index (χ1) is 61.9. The number of hydrogen-bond donors (Lipinski definition) is 0. The van der Waals surface area contributed by atoms with Crippen LogP contribution in [0.5, 0.6) is 0 Å². The Morgan fingerprint density at radius 1 is 0.136 bits per heavy atom. The third-order valence-corrected chi connectivity index (χ3v) is 23.3. The van der Waals surface area contributed by atoms with E-state index < -0.39 is 0 Å². The molecule has 19 aromatic carbocycles. The fraction of sp³-hybridized carbons (Fsp3) is 0. The van der Waals surface area contributed by atoms with Crippen molar-refractivity contribution in [2.45, 2.75) is 0 Å². The number of aromatic nitrogens is 9. The predicted molar refractivity (Wildman–Crippen MR) is 509 cm³/mol. The van der Waals surface area contributed by atoms with Crippen molar-refractivity contribution >= 4 is 120 Å². The van der Waals surface area contributed by atoms with Crippen LogP contribution < -0.4 is 0 Å². The molecule has 12 nitrogen and oxygen atoms in total. The van der Waals surface area contributed by atoms with E-state index >= 15 is 0 Å². The molecule has 0 aliphatic heterocycles. The average molecular weight is 1600 g/mol. The largest absolute Gasteiger partial charge is 0.456 e. The molecule has 0 N–H and O–H groups in total. The van der Waals surface area contributed by atoms with E-state index in [1.165, 1.54) is 21.5 Å². The highest BCUT2D eigenvalue weighted by Crippen LogP contribution is 2.44. The van der Waals surface area contributed by atoms with Crippen molar-refractivity contribution < 1.29 is 13.3 Å². The lowest BCUT2D eigenvalue weighted by atomic mass is 9.93. The number of fused-ring (bicyclic) bond motifs is 14. The van der Waals surface area contributed by atoms with E-state index in [9.17, 15) is 0 Å². The van der Waals surface area contributed by atoms with Gasteiger partial charge in [-0.15, -0.1) is 0 Å². The van der Waals surface area contributed by atoms with Gasteiger partial charge in [-0.25, -0.2) is 44.9 Å². The topological polar surface area (TPSA) is 155 Å². The van der Waals surface area contributed by atoms with Gasteiger partial charge in [0.15, 0.2) is 52.4 Å². The van der Waals surface area contributed by atoms with Crippen LogP contribution in [0, 0.1) is 0 Å². The van der Waals surface area contributed by atoms with Crippen LogP contribution in [0.2, 0.25) is 0 Å². The standard InChI is InChI=1S/C41H25N3O.C37H23N3O.C35H21N3O/c1-3-11-26(12-4-1)39-42-40(27-13-5-2-6-14-27)44-41(43-39)32-22-20-28-23-31(21-19-29(28)24-32)37-33-16-8-7-15-30(33)25-35-34-17-9-10-18-36(34)45-38(35)37;1-3-11-24(12-4-1)29-15-7-8-17-31(29)37-39-35(25-13-5-2-6-14-25)38-36(40-37)27-20-19-26-22-32-30-16-9-10-18-33(30)41-34(32)23-28(26)21-27;1-2-9-23(10-3-1)33-36-34(27-15-14-22-8-4-5-11-24(22)18-27)38-35(37-33)28-16-17-31-29(20-28)30-19-25-12-6-7-13-26(25)21-32(30)39-31/h1-25H;1-23H;1-21H. The van der Waals surface area contributed by atoms with Crippen LogP contribution in [0.25, 0.3) is 244 Å². The molecule has 584 valence electrons. The van der Waals surface area contributed by atoms with Crippen LogP contribution in [-0.2, 0) is 0 Å². The molecule has 6 heterocycles. The Kier molecular flexibility index (Phi) is 18.3. The van der Waals surface area contributed by atoms with E-state index in [0.717, 1.165) is 170 Å². The molecule has 125 heavy (non-hydrogen) atoms. The normalized spacial score (nSPS) is 11.5. The number of hydrogen-bond acceptors (Lipinski definition) is 12. The van der Waals surface area contributed by atoms with Crippen molar-refractivity contribution in [3.05, 3.63) is 419 Å². The van der Waals surface area contributed by atoms with Crippen LogP contribution in [0.4, 0.5) is 0 Å². The number of furan rings is 3. The first kappa shape index (κ1) is 73.1. The van der Waals surface area contributed by atoms with Crippen LogP contribution in [0.1, 0.15) is 0 Å². The molecule has 0 aliphatic rings. The lowest BCUT2D eigenvalue weighted by Crippen LogP contribution is -2.01. The molecule has 0 fully saturated rings. The van der Waals surface area contributed by atoms with Crippen molar-refractivity contribution in [2.75, 3.05) is 0 Å². The highest BCUT2D eigenvalue weighted by molar-refractivity contribution is 6.19. The minimum Gasteiger partial charge on any atom is -0.456 e. The lowest BCUT2D eigenvalue weighted by Gasteiger charge is -2.12. The Morgan fingerprint density at radius 2 is 0.432 bits per heavy atom. The number of rotatable bonds is 11. The molecule has 6 aromatic heterocycles. The van der Waals surface area contributed by atoms with Gasteiger partial charge in [0.25, 0.3) is 0 Å². The summed E-state index contributed by atoms with van der Waals surface area (Å²) in [6.07, 6.45) is 0. The SMILES string of the molecule is c1ccc(-c2nc(-c3ccc4cc5c(cc4c3)oc3ccccc35)nc(-c3ccccc3-c3ccccc3)n2)cc1.c1ccc(-c2nc(-c3ccc4ccccc4c3)nc(-c3ccc4oc5cc6ccccc6cc5c4c3)n2)cc1.c1ccc(-c2nc(-c3ccccc3)nc(-c3ccc4cc(-c5c6ccccc6cc6c5oc5ccccc56)ccc4c3)n2)cc1. The molecule has 0 atom stereocenters. The second-order valence-corrected chi connectivity index (χ2v) is 31.1. The van der Waals surface area contributed by atoms with Crippen LogP contribution in [-0.4, -0.2) is 44.9 Å². The van der Waals surface area contributed by atoms with Crippen molar-refractivity contribution in [2.24, 2.45) is 0 Å². The van der Waals surface area contributed by atoms with Crippen molar-refractivity contribution in [1.82, 2.24) is 44.9 Å². The molecular weight excluding hydrogens is 1530 g/mol. The Bertz CT molecular complexity index is 8440. The van der Waals surface area contributed by atoms with Gasteiger partial charge in [0.2, 0.25) is 0 Å². The van der Waals surface area contributed by atoms with Crippen LogP contribution >= 0.6 is 0 Å². The zero-order valence-electron chi connectivity index (χ0n) is 67.1.